The molecule has 2 aromatic carbocycles. The molecular weight excluding hydrogens is 416 g/mol. The van der Waals surface area contributed by atoms with Crippen molar-refractivity contribution in [2.45, 2.75) is 57.6 Å². The minimum Gasteiger partial charge on any atom is -0.489 e. The van der Waals surface area contributed by atoms with Crippen LogP contribution in [0.3, 0.4) is 0 Å². The van der Waals surface area contributed by atoms with Gasteiger partial charge in [-0.2, -0.15) is 5.26 Å². The Morgan fingerprint density at radius 2 is 1.94 bits per heavy atom. The molecule has 2 N–H and O–H groups in total. The summed E-state index contributed by atoms with van der Waals surface area (Å²) in [5, 5.41) is 23.3. The third-order valence-corrected chi connectivity index (χ3v) is 6.19. The van der Waals surface area contributed by atoms with Crippen LogP contribution in [0.2, 0.25) is 0 Å². The summed E-state index contributed by atoms with van der Waals surface area (Å²) in [5.74, 6) is 0.735. The van der Waals surface area contributed by atoms with Gasteiger partial charge < -0.3 is 19.9 Å². The van der Waals surface area contributed by atoms with E-state index in [2.05, 4.69) is 54.2 Å². The maximum atomic E-state index is 11.4. The van der Waals surface area contributed by atoms with Crippen LogP contribution in [0.4, 0.5) is 0 Å². The average molecular weight is 451 g/mol. The van der Waals surface area contributed by atoms with E-state index in [1.165, 1.54) is 18.2 Å². The van der Waals surface area contributed by atoms with Crippen LogP contribution in [-0.4, -0.2) is 43.0 Å². The van der Waals surface area contributed by atoms with Crippen LogP contribution in [0.15, 0.2) is 42.5 Å². The number of nitrogens with zero attached hydrogens (tertiary/aromatic N) is 1. The SMILES string of the molecule is COC(=O)CCc1ccc(C#N)c(OCC(O)CNC(C)(C)CC2Cc3ccccc3C2)c1. The number of nitriles is 1. The van der Waals surface area contributed by atoms with Gasteiger partial charge in [0.05, 0.1) is 12.7 Å². The van der Waals surface area contributed by atoms with Gasteiger partial charge in [-0.05, 0) is 74.3 Å². The molecule has 176 valence electrons. The van der Waals surface area contributed by atoms with Crippen molar-refractivity contribution in [2.75, 3.05) is 20.3 Å². The number of hydrogen-bond donors (Lipinski definition) is 2. The highest BCUT2D eigenvalue weighted by Gasteiger charge is 2.28. The number of aliphatic hydroxyl groups is 1. The first-order valence-electron chi connectivity index (χ1n) is 11.5. The summed E-state index contributed by atoms with van der Waals surface area (Å²) in [6.07, 6.45) is 3.28. The van der Waals surface area contributed by atoms with Gasteiger partial charge in [0.2, 0.25) is 0 Å². The zero-order valence-corrected chi connectivity index (χ0v) is 19.8. The minimum absolute atomic E-state index is 0.0765. The first kappa shape index (κ1) is 24.8. The molecule has 0 aliphatic heterocycles. The van der Waals surface area contributed by atoms with Crippen LogP contribution < -0.4 is 10.1 Å². The molecular formula is C27H34N2O4. The van der Waals surface area contributed by atoms with Crippen molar-refractivity contribution in [3.63, 3.8) is 0 Å². The number of benzene rings is 2. The Balaban J connectivity index is 1.47. The fourth-order valence-corrected chi connectivity index (χ4v) is 4.51. The second-order valence-electron chi connectivity index (χ2n) is 9.50. The monoisotopic (exact) mass is 450 g/mol. The summed E-state index contributed by atoms with van der Waals surface area (Å²) in [6.45, 7) is 4.81. The van der Waals surface area contributed by atoms with Crippen LogP contribution in [0, 0.1) is 17.2 Å². The molecule has 33 heavy (non-hydrogen) atoms. The molecule has 1 aliphatic rings. The van der Waals surface area contributed by atoms with E-state index < -0.39 is 6.10 Å². The molecule has 6 nitrogen and oxygen atoms in total. The highest BCUT2D eigenvalue weighted by atomic mass is 16.5. The lowest BCUT2D eigenvalue weighted by Crippen LogP contribution is -2.46. The van der Waals surface area contributed by atoms with E-state index in [1.807, 2.05) is 0 Å². The number of nitrogens with one attached hydrogen (secondary N) is 1. The molecule has 0 saturated carbocycles. The number of methoxy groups -OCH3 is 1. The summed E-state index contributed by atoms with van der Waals surface area (Å²) in [4.78, 5) is 11.4. The molecule has 0 heterocycles. The molecule has 1 aliphatic carbocycles. The van der Waals surface area contributed by atoms with Gasteiger partial charge in [0.25, 0.3) is 0 Å². The van der Waals surface area contributed by atoms with E-state index in [0.717, 1.165) is 24.8 Å². The molecule has 1 unspecified atom stereocenters. The van der Waals surface area contributed by atoms with Crippen molar-refractivity contribution in [2.24, 2.45) is 5.92 Å². The Labute approximate surface area is 196 Å². The summed E-state index contributed by atoms with van der Waals surface area (Å²) >= 11 is 0. The van der Waals surface area contributed by atoms with E-state index >= 15 is 0 Å². The largest absolute Gasteiger partial charge is 0.489 e. The van der Waals surface area contributed by atoms with Gasteiger partial charge in [-0.3, -0.25) is 4.79 Å². The maximum absolute atomic E-state index is 11.4. The number of aryl methyl sites for hydroxylation is 1. The van der Waals surface area contributed by atoms with Crippen LogP contribution in [0.25, 0.3) is 0 Å². The fraction of sp³-hybridized carbons (Fsp3) is 0.481. The highest BCUT2D eigenvalue weighted by Crippen LogP contribution is 2.31. The normalized spacial score (nSPS) is 14.4. The van der Waals surface area contributed by atoms with Crippen molar-refractivity contribution in [3.05, 3.63) is 64.7 Å². The molecule has 0 spiro atoms. The van der Waals surface area contributed by atoms with Crippen molar-refractivity contribution in [3.8, 4) is 11.8 Å². The Morgan fingerprint density at radius 1 is 1.24 bits per heavy atom. The van der Waals surface area contributed by atoms with Gasteiger partial charge in [-0.25, -0.2) is 0 Å². The molecule has 0 bridgehead atoms. The average Bonchev–Trinajstić information content (AvgIpc) is 3.21. The number of esters is 1. The van der Waals surface area contributed by atoms with Crippen LogP contribution >= 0.6 is 0 Å². The van der Waals surface area contributed by atoms with Gasteiger partial charge in [0.15, 0.2) is 0 Å². The van der Waals surface area contributed by atoms with E-state index in [9.17, 15) is 15.2 Å². The molecule has 0 saturated heterocycles. The van der Waals surface area contributed by atoms with Gasteiger partial charge >= 0.3 is 5.97 Å². The predicted octanol–water partition coefficient (Wildman–Crippen LogP) is 3.58. The van der Waals surface area contributed by atoms with Crippen LogP contribution in [0.5, 0.6) is 5.75 Å². The lowest BCUT2D eigenvalue weighted by Gasteiger charge is -2.30. The number of carbonyl (C=O) groups excluding carboxylic acids is 1. The van der Waals surface area contributed by atoms with Crippen molar-refractivity contribution in [1.29, 1.82) is 5.26 Å². The highest BCUT2D eigenvalue weighted by molar-refractivity contribution is 5.69. The van der Waals surface area contributed by atoms with Gasteiger partial charge in [0.1, 0.15) is 24.5 Å². The first-order chi connectivity index (χ1) is 15.8. The summed E-state index contributed by atoms with van der Waals surface area (Å²) in [5.41, 5.74) is 4.07. The summed E-state index contributed by atoms with van der Waals surface area (Å²) in [7, 11) is 1.36. The zero-order chi connectivity index (χ0) is 23.8. The maximum Gasteiger partial charge on any atom is 0.305 e. The molecule has 2 aromatic rings. The predicted molar refractivity (Wildman–Crippen MR) is 127 cm³/mol. The van der Waals surface area contributed by atoms with Crippen molar-refractivity contribution in [1.82, 2.24) is 5.32 Å². The Morgan fingerprint density at radius 3 is 2.58 bits per heavy atom. The quantitative estimate of drug-likeness (QED) is 0.509. The Kier molecular flexibility index (Phi) is 8.49. The summed E-state index contributed by atoms with van der Waals surface area (Å²) < 4.78 is 10.5. The zero-order valence-electron chi connectivity index (χ0n) is 19.8. The van der Waals surface area contributed by atoms with E-state index in [4.69, 9.17) is 4.74 Å². The van der Waals surface area contributed by atoms with Crippen LogP contribution in [0.1, 0.15) is 48.9 Å². The number of ether oxygens (including phenoxy) is 2. The second-order valence-corrected chi connectivity index (χ2v) is 9.50. The fourth-order valence-electron chi connectivity index (χ4n) is 4.51. The molecule has 0 aromatic heterocycles. The number of carbonyl (C=O) groups is 1. The second kappa shape index (κ2) is 11.3. The van der Waals surface area contributed by atoms with E-state index in [-0.39, 0.29) is 24.5 Å². The van der Waals surface area contributed by atoms with Gasteiger partial charge in [-0.1, -0.05) is 30.3 Å². The first-order valence-corrected chi connectivity index (χ1v) is 11.5. The van der Waals surface area contributed by atoms with Crippen LogP contribution in [-0.2, 0) is 28.8 Å². The van der Waals surface area contributed by atoms with E-state index in [0.29, 0.717) is 30.2 Å². The summed E-state index contributed by atoms with van der Waals surface area (Å²) in [6, 6.07) is 16.0. The third-order valence-electron chi connectivity index (χ3n) is 6.19. The number of β-amino-alcohol motifs (C(OH)–C–C–N with tert-alkyl or cyclic N) is 1. The molecule has 0 amide bonds. The number of rotatable bonds is 11. The third kappa shape index (κ3) is 7.31. The number of aliphatic hydroxyl groups excluding tert-OH is 1. The molecule has 1 atom stereocenters. The van der Waals surface area contributed by atoms with E-state index in [1.54, 1.807) is 18.2 Å². The molecule has 3 rings (SSSR count). The topological polar surface area (TPSA) is 91.6 Å². The van der Waals surface area contributed by atoms with Crippen molar-refractivity contribution < 1.29 is 19.4 Å². The van der Waals surface area contributed by atoms with Gasteiger partial charge in [-0.15, -0.1) is 0 Å². The molecule has 6 heteroatoms. The Bertz CT molecular complexity index is 971. The lowest BCUT2D eigenvalue weighted by atomic mass is 9.88. The Hall–Kier alpha value is -2.88. The number of hydrogen-bond acceptors (Lipinski definition) is 6. The minimum atomic E-state index is -0.713. The standard InChI is InChI=1S/C27H34N2O4/c1-27(2,15-20-12-21-6-4-5-7-22(21)13-20)29-17-24(30)18-33-25-14-19(8-10-23(25)16-28)9-11-26(31)32-3/h4-8,10,14,20,24,29-30H,9,11-13,15,17-18H2,1-3H3. The number of fused-ring (bicyclic) bond motifs is 1. The molecule has 0 radical (unpaired) electrons. The van der Waals surface area contributed by atoms with Gasteiger partial charge in [0, 0.05) is 18.5 Å². The van der Waals surface area contributed by atoms with Crippen molar-refractivity contribution >= 4 is 5.97 Å². The molecule has 0 fully saturated rings. The lowest BCUT2D eigenvalue weighted by molar-refractivity contribution is -0.140. The smallest absolute Gasteiger partial charge is 0.305 e.